The van der Waals surface area contributed by atoms with E-state index in [1.165, 1.54) is 0 Å². The standard InChI is InChI=1S/C13H21N5O2.C9H18N2O2.C8H13N5.C4H4ClN3.H3P.H2P.HP.P/c1-13(2,3)20-12(19)18-8-6-17(7-9-18)11-5-4-10(14)15-16-11;1-9(2,3)13-8(12)11-6-4-10-5-7-11;9-7-1-2-8(12-11-7)13-5-3-10-4-6-13;5-3-1-2-4(6)8-7-3;;;;/h4-5H,6-9H2,1-3H3,(H2,14,15);10H,4-7H2,1-3H3;1-2,10H,3-6H2,(H2,9,11);1-2H,(H2,6,8);1H3;1H2;1H;/q;;;;;-1;-2;-3. The minimum atomic E-state index is -0.462. The van der Waals surface area contributed by atoms with Gasteiger partial charge >= 0.3 is 12.2 Å². The first-order valence-corrected chi connectivity index (χ1v) is 18.2. The van der Waals surface area contributed by atoms with Crippen LogP contribution in [0.15, 0.2) is 36.4 Å². The van der Waals surface area contributed by atoms with Gasteiger partial charge in [-0.05, 0) is 77.9 Å². The Bertz CT molecular complexity index is 1540. The maximum Gasteiger partial charge on any atom is 0.410 e. The highest BCUT2D eigenvalue weighted by atomic mass is 35.5. The fraction of sp³-hybridized carbons (Fsp3) is 0.588. The molecule has 19 nitrogen and oxygen atoms in total. The first kappa shape index (κ1) is 56.8. The molecule has 6 rings (SSSR count). The number of aromatic nitrogens is 6. The molecule has 1 unspecified atom stereocenters. The van der Waals surface area contributed by atoms with E-state index in [9.17, 15) is 9.59 Å². The van der Waals surface area contributed by atoms with Crippen LogP contribution < -0.4 is 37.6 Å². The number of nitrogens with two attached hydrogens (primary N) is 3. The van der Waals surface area contributed by atoms with Crippen molar-refractivity contribution in [2.45, 2.75) is 52.7 Å². The molecule has 3 fully saturated rings. The summed E-state index contributed by atoms with van der Waals surface area (Å²) >= 11 is 5.38. The van der Waals surface area contributed by atoms with Gasteiger partial charge in [-0.15, -0.1) is 30.6 Å². The average molecular weight is 904 g/mol. The quantitative estimate of drug-likeness (QED) is 0.229. The van der Waals surface area contributed by atoms with Crippen LogP contribution in [0.25, 0.3) is 0 Å². The van der Waals surface area contributed by atoms with Crippen molar-refractivity contribution in [2.75, 3.05) is 106 Å². The summed E-state index contributed by atoms with van der Waals surface area (Å²) in [5.41, 5.74) is 15.3. The zero-order valence-electron chi connectivity index (χ0n) is 34.4. The molecular weight excluding hydrogens is 842 g/mol. The van der Waals surface area contributed by atoms with Crippen molar-refractivity contribution in [3.8, 4) is 0 Å². The Morgan fingerprint density at radius 1 is 0.586 bits per heavy atom. The van der Waals surface area contributed by atoms with Gasteiger partial charge in [0.2, 0.25) is 0 Å². The lowest BCUT2D eigenvalue weighted by atomic mass is 10.2. The number of anilines is 5. The number of ether oxygens (including phenoxy) is 2. The van der Waals surface area contributed by atoms with Gasteiger partial charge in [-0.25, -0.2) is 9.59 Å². The van der Waals surface area contributed by atoms with Crippen molar-refractivity contribution in [1.82, 2.24) is 51.0 Å². The van der Waals surface area contributed by atoms with Gasteiger partial charge in [0.25, 0.3) is 0 Å². The smallest absolute Gasteiger partial charge is 0.410 e. The third kappa shape index (κ3) is 22.8. The summed E-state index contributed by atoms with van der Waals surface area (Å²) in [5, 5.41) is 29.5. The summed E-state index contributed by atoms with van der Waals surface area (Å²) in [6, 6.07) is 10.4. The SMILES string of the molecule is CC(C)(C)OC(=O)N1CCN(c2ccc(N)nn2)CC1.CC(C)(C)OC(=O)N1CCNCC1.Nc1ccc(Cl)nn1.Nc1ccc(N2CCNCC2)nn1.P.[P-3].[PH-2].[PH2-]. The molecule has 3 saturated heterocycles. The van der Waals surface area contributed by atoms with E-state index in [0.717, 1.165) is 64.0 Å². The highest BCUT2D eigenvalue weighted by Crippen LogP contribution is 2.16. The fourth-order valence-corrected chi connectivity index (χ4v) is 4.95. The summed E-state index contributed by atoms with van der Waals surface area (Å²) < 4.78 is 10.6. The number of carbonyl (C=O) groups is 2. The van der Waals surface area contributed by atoms with E-state index in [-0.39, 0.29) is 57.4 Å². The molecule has 2 amide bonds. The first-order valence-electron chi connectivity index (χ1n) is 17.8. The third-order valence-corrected chi connectivity index (χ3v) is 7.66. The number of nitrogens with zero attached hydrogens (tertiary/aromatic N) is 10. The lowest BCUT2D eigenvalue weighted by Crippen LogP contribution is -2.50. The molecule has 3 aliphatic rings. The number of hydrogen-bond acceptors (Lipinski definition) is 17. The summed E-state index contributed by atoms with van der Waals surface area (Å²) in [7, 11) is 0. The van der Waals surface area contributed by atoms with Gasteiger partial charge in [0, 0.05) is 78.5 Å². The Morgan fingerprint density at radius 2 is 0.931 bits per heavy atom. The molecule has 3 aromatic rings. The molecule has 6 heterocycles. The molecule has 8 N–H and O–H groups in total. The average Bonchev–Trinajstić information content (AvgIpc) is 3.14. The van der Waals surface area contributed by atoms with Crippen molar-refractivity contribution in [3.63, 3.8) is 0 Å². The lowest BCUT2D eigenvalue weighted by Gasteiger charge is -3.00. The van der Waals surface area contributed by atoms with Crippen LogP contribution in [0.3, 0.4) is 0 Å². The number of carbonyl (C=O) groups excluding carboxylic acids is 2. The van der Waals surface area contributed by atoms with Gasteiger partial charge in [-0.3, -0.25) is 0 Å². The second kappa shape index (κ2) is 28.2. The highest BCUT2D eigenvalue weighted by molar-refractivity contribution is 6.92. The normalized spacial score (nSPS) is 14.9. The number of nitrogen functional groups attached to an aromatic ring is 3. The second-order valence-corrected chi connectivity index (χ2v) is 14.7. The molecular formula is C34H62ClN15O4P4-6. The minimum Gasteiger partial charge on any atom is -3.00 e. The molecule has 1 atom stereocenters. The molecule has 0 saturated carbocycles. The summed E-state index contributed by atoms with van der Waals surface area (Å²) in [4.78, 5) is 31.2. The minimum absolute atomic E-state index is 0. The van der Waals surface area contributed by atoms with E-state index in [0.29, 0.717) is 48.8 Å². The molecule has 3 aliphatic heterocycles. The van der Waals surface area contributed by atoms with E-state index in [2.05, 4.69) is 51.0 Å². The van der Waals surface area contributed by atoms with Crippen LogP contribution in [0.2, 0.25) is 5.15 Å². The first-order chi connectivity index (χ1) is 25.5. The van der Waals surface area contributed by atoms with Gasteiger partial charge in [0.1, 0.15) is 28.7 Å². The molecule has 3 aromatic heterocycles. The molecule has 0 bridgehead atoms. The molecule has 0 aliphatic carbocycles. The molecule has 0 spiro atoms. The Labute approximate surface area is 361 Å². The van der Waals surface area contributed by atoms with Crippen LogP contribution in [-0.2, 0) is 9.47 Å². The molecule has 0 aromatic carbocycles. The van der Waals surface area contributed by atoms with Crippen LogP contribution >= 0.6 is 51.2 Å². The largest absolute Gasteiger partial charge is 3.00 e. The fourth-order valence-electron chi connectivity index (χ4n) is 4.85. The van der Waals surface area contributed by atoms with Crippen molar-refractivity contribution >= 4 is 92.5 Å². The Hall–Kier alpha value is -3.29. The summed E-state index contributed by atoms with van der Waals surface area (Å²) in [6.07, 6.45) is -0.463. The highest BCUT2D eigenvalue weighted by Gasteiger charge is 2.26. The van der Waals surface area contributed by atoms with Crippen LogP contribution in [0.5, 0.6) is 0 Å². The molecule has 24 heteroatoms. The van der Waals surface area contributed by atoms with Gasteiger partial charge in [0.05, 0.1) is 0 Å². The zero-order valence-corrected chi connectivity index (χ0v) is 39.6. The van der Waals surface area contributed by atoms with Crippen molar-refractivity contribution < 1.29 is 19.1 Å². The van der Waals surface area contributed by atoms with Gasteiger partial charge in [-0.1, -0.05) is 11.6 Å². The van der Waals surface area contributed by atoms with Crippen molar-refractivity contribution in [2.24, 2.45) is 0 Å². The predicted octanol–water partition coefficient (Wildman–Crippen LogP) is 3.96. The monoisotopic (exact) mass is 903 g/mol. The van der Waals surface area contributed by atoms with Crippen LogP contribution in [0.4, 0.5) is 38.7 Å². The van der Waals surface area contributed by atoms with E-state index in [1.54, 1.807) is 34.1 Å². The van der Waals surface area contributed by atoms with E-state index < -0.39 is 5.60 Å². The van der Waals surface area contributed by atoms with E-state index in [4.69, 9.17) is 38.3 Å². The lowest BCUT2D eigenvalue weighted by molar-refractivity contribution is 0.0223. The number of hydrogen-bond donors (Lipinski definition) is 5. The summed E-state index contributed by atoms with van der Waals surface area (Å²) in [5.74, 6) is 2.95. The Kier molecular flexibility index (Phi) is 27.6. The number of halogens is 1. The van der Waals surface area contributed by atoms with Crippen LogP contribution in [0.1, 0.15) is 41.5 Å². The molecule has 58 heavy (non-hydrogen) atoms. The number of piperazine rings is 3. The summed E-state index contributed by atoms with van der Waals surface area (Å²) in [6.45, 7) is 21.1. The van der Waals surface area contributed by atoms with E-state index in [1.807, 2.05) is 53.7 Å². The predicted molar refractivity (Wildman–Crippen MR) is 246 cm³/mol. The van der Waals surface area contributed by atoms with Crippen molar-refractivity contribution in [3.05, 3.63) is 41.6 Å². The Morgan fingerprint density at radius 3 is 1.26 bits per heavy atom. The van der Waals surface area contributed by atoms with Crippen molar-refractivity contribution in [1.29, 1.82) is 0 Å². The van der Waals surface area contributed by atoms with Gasteiger partial charge < -0.3 is 86.6 Å². The third-order valence-electron chi connectivity index (χ3n) is 7.46. The van der Waals surface area contributed by atoms with Crippen LogP contribution in [0, 0.1) is 0 Å². The van der Waals surface area contributed by atoms with Gasteiger partial charge in [0.15, 0.2) is 16.8 Å². The van der Waals surface area contributed by atoms with Crippen LogP contribution in [-0.4, -0.2) is 142 Å². The van der Waals surface area contributed by atoms with E-state index >= 15 is 0 Å². The molecule has 330 valence electrons. The maximum atomic E-state index is 11.9. The Balaban J connectivity index is 0. The molecule has 0 radical (unpaired) electrons. The van der Waals surface area contributed by atoms with Gasteiger partial charge in [-0.2, -0.15) is 9.90 Å². The topological polar surface area (TPSA) is 245 Å². The number of rotatable bonds is 2. The second-order valence-electron chi connectivity index (χ2n) is 14.3. The zero-order chi connectivity index (χ0) is 39.7. The maximum absolute atomic E-state index is 11.9. The number of nitrogens with one attached hydrogen (secondary N) is 2. The number of amides is 2.